The average Bonchev–Trinajstić information content (AvgIpc) is 2.64. The van der Waals surface area contributed by atoms with Gasteiger partial charge in [-0.2, -0.15) is 5.26 Å². The van der Waals surface area contributed by atoms with E-state index in [9.17, 15) is 5.26 Å². The molecular weight excluding hydrogens is 290 g/mol. The van der Waals surface area contributed by atoms with E-state index in [2.05, 4.69) is 32.1 Å². The maximum atomic E-state index is 9.71. The van der Waals surface area contributed by atoms with Crippen LogP contribution >= 0.6 is 0 Å². The molecule has 2 rings (SSSR count). The number of hydrogen-bond donors (Lipinski definition) is 0. The Hall–Kier alpha value is -0.770. The van der Waals surface area contributed by atoms with Crippen molar-refractivity contribution >= 4 is 0 Å². The summed E-state index contributed by atoms with van der Waals surface area (Å²) >= 11 is 0. The van der Waals surface area contributed by atoms with Gasteiger partial charge in [-0.25, -0.2) is 0 Å². The number of unbranched alkanes of at least 4 members (excludes halogenated alkanes) is 3. The molecule has 136 valence electrons. The number of nitriles is 1. The summed E-state index contributed by atoms with van der Waals surface area (Å²) < 4.78 is 0. The zero-order valence-electron chi connectivity index (χ0n) is 16.2. The van der Waals surface area contributed by atoms with Crippen molar-refractivity contribution in [1.82, 2.24) is 0 Å². The highest BCUT2D eigenvalue weighted by molar-refractivity contribution is 5.14. The van der Waals surface area contributed by atoms with E-state index in [0.717, 1.165) is 37.0 Å². The molecule has 24 heavy (non-hydrogen) atoms. The van der Waals surface area contributed by atoms with Gasteiger partial charge in [-0.3, -0.25) is 0 Å². The second kappa shape index (κ2) is 10.3. The van der Waals surface area contributed by atoms with Gasteiger partial charge in [-0.05, 0) is 62.7 Å². The summed E-state index contributed by atoms with van der Waals surface area (Å²) in [6, 6.07) is 2.66. The lowest BCUT2D eigenvalue weighted by molar-refractivity contribution is 0.136. The second-order valence-electron chi connectivity index (χ2n) is 8.57. The summed E-state index contributed by atoms with van der Waals surface area (Å²) in [5.74, 6) is 2.88. The molecule has 1 nitrogen and oxygen atoms in total. The molecule has 0 saturated heterocycles. The van der Waals surface area contributed by atoms with Crippen molar-refractivity contribution in [3.8, 4) is 6.07 Å². The van der Waals surface area contributed by atoms with E-state index in [0.29, 0.717) is 0 Å². The molecule has 0 unspecified atom stereocenters. The Morgan fingerprint density at radius 1 is 0.917 bits per heavy atom. The first-order chi connectivity index (χ1) is 11.7. The van der Waals surface area contributed by atoms with Crippen LogP contribution in [0.1, 0.15) is 104 Å². The fourth-order valence-electron chi connectivity index (χ4n) is 5.01. The summed E-state index contributed by atoms with van der Waals surface area (Å²) in [7, 11) is 0. The zero-order valence-corrected chi connectivity index (χ0v) is 16.2. The number of rotatable bonds is 8. The lowest BCUT2D eigenvalue weighted by Gasteiger charge is -2.39. The molecule has 0 aromatic carbocycles. The lowest BCUT2D eigenvalue weighted by Crippen LogP contribution is -2.30. The second-order valence-corrected chi connectivity index (χ2v) is 8.57. The third-order valence-electron chi connectivity index (χ3n) is 6.83. The van der Waals surface area contributed by atoms with Crippen LogP contribution < -0.4 is 0 Å². The number of allylic oxidation sites excluding steroid dienone is 2. The van der Waals surface area contributed by atoms with Crippen LogP contribution in [0.3, 0.4) is 0 Å². The van der Waals surface area contributed by atoms with Crippen molar-refractivity contribution in [2.45, 2.75) is 104 Å². The molecule has 0 N–H and O–H groups in total. The Balaban J connectivity index is 1.76. The number of hydrogen-bond acceptors (Lipinski definition) is 1. The molecule has 0 radical (unpaired) electrons. The van der Waals surface area contributed by atoms with Gasteiger partial charge in [0.25, 0.3) is 0 Å². The normalized spacial score (nSPS) is 34.3. The predicted octanol–water partition coefficient (Wildman–Crippen LogP) is 7.43. The minimum Gasteiger partial charge on any atom is -0.197 e. The smallest absolute Gasteiger partial charge is 0.0753 e. The molecular formula is C23H39N. The molecule has 0 aromatic heterocycles. The predicted molar refractivity (Wildman–Crippen MR) is 104 cm³/mol. The monoisotopic (exact) mass is 329 g/mol. The third-order valence-corrected chi connectivity index (χ3v) is 6.83. The SMILES string of the molecule is CCCCC=C[C@]1(C#N)CC[C@@H](C2CCC(CCCC)CC2)CC1. The van der Waals surface area contributed by atoms with Gasteiger partial charge in [0.05, 0.1) is 11.5 Å². The van der Waals surface area contributed by atoms with Gasteiger partial charge in [0, 0.05) is 0 Å². The summed E-state index contributed by atoms with van der Waals surface area (Å²) in [6.07, 6.45) is 23.1. The Morgan fingerprint density at radius 3 is 2.12 bits per heavy atom. The Labute approximate surface area is 150 Å². The molecule has 0 bridgehead atoms. The summed E-state index contributed by atoms with van der Waals surface area (Å²) in [5.41, 5.74) is -0.136. The van der Waals surface area contributed by atoms with E-state index in [1.165, 1.54) is 70.6 Å². The van der Waals surface area contributed by atoms with Crippen LogP contribution in [0.15, 0.2) is 12.2 Å². The van der Waals surface area contributed by atoms with Gasteiger partial charge >= 0.3 is 0 Å². The average molecular weight is 330 g/mol. The summed E-state index contributed by atoms with van der Waals surface area (Å²) in [5, 5.41) is 9.71. The van der Waals surface area contributed by atoms with E-state index < -0.39 is 0 Å². The van der Waals surface area contributed by atoms with Crippen molar-refractivity contribution in [1.29, 1.82) is 5.26 Å². The third kappa shape index (κ3) is 5.65. The standard InChI is InChI=1S/C23H39N/c1-3-5-7-8-16-23(19-24)17-14-22(15-18-23)21-12-10-20(11-13-21)9-6-4-2/h8,16,20-22H,3-7,9-15,17-18H2,1-2H3/t20?,21?,22-,23+. The Kier molecular flexibility index (Phi) is 8.37. The molecule has 2 aliphatic rings. The highest BCUT2D eigenvalue weighted by Gasteiger charge is 2.37. The molecule has 2 aliphatic carbocycles. The minimum atomic E-state index is -0.136. The van der Waals surface area contributed by atoms with E-state index in [1.807, 2.05) is 0 Å². The van der Waals surface area contributed by atoms with Crippen LogP contribution in [0.2, 0.25) is 0 Å². The van der Waals surface area contributed by atoms with Crippen LogP contribution in [-0.2, 0) is 0 Å². The van der Waals surface area contributed by atoms with Crippen LogP contribution in [0, 0.1) is 34.5 Å². The topological polar surface area (TPSA) is 23.8 Å². The van der Waals surface area contributed by atoms with Crippen molar-refractivity contribution in [2.24, 2.45) is 23.2 Å². The van der Waals surface area contributed by atoms with Gasteiger partial charge in [0.15, 0.2) is 0 Å². The van der Waals surface area contributed by atoms with Crippen molar-refractivity contribution in [3.05, 3.63) is 12.2 Å². The highest BCUT2D eigenvalue weighted by atomic mass is 14.4. The van der Waals surface area contributed by atoms with Crippen molar-refractivity contribution in [2.75, 3.05) is 0 Å². The van der Waals surface area contributed by atoms with Crippen molar-refractivity contribution in [3.63, 3.8) is 0 Å². The van der Waals surface area contributed by atoms with E-state index in [4.69, 9.17) is 0 Å². The first-order valence-corrected chi connectivity index (χ1v) is 10.8. The first-order valence-electron chi connectivity index (χ1n) is 10.8. The van der Waals surface area contributed by atoms with E-state index in [-0.39, 0.29) is 5.41 Å². The Bertz CT molecular complexity index is 400. The molecule has 2 saturated carbocycles. The molecule has 1 heteroatoms. The molecule has 0 spiro atoms. The van der Waals surface area contributed by atoms with Crippen LogP contribution in [0.4, 0.5) is 0 Å². The fraction of sp³-hybridized carbons (Fsp3) is 0.870. The minimum absolute atomic E-state index is 0.136. The van der Waals surface area contributed by atoms with Gasteiger partial charge in [0.1, 0.15) is 0 Å². The maximum absolute atomic E-state index is 9.71. The zero-order chi connectivity index (χ0) is 17.3. The fourth-order valence-corrected chi connectivity index (χ4v) is 5.01. The molecule has 2 fully saturated rings. The quantitative estimate of drug-likeness (QED) is 0.335. The number of nitrogens with zero attached hydrogens (tertiary/aromatic N) is 1. The molecule has 0 amide bonds. The van der Waals surface area contributed by atoms with Gasteiger partial charge in [-0.15, -0.1) is 0 Å². The van der Waals surface area contributed by atoms with Crippen LogP contribution in [0.5, 0.6) is 0 Å². The molecule has 0 aromatic rings. The van der Waals surface area contributed by atoms with Crippen LogP contribution in [-0.4, -0.2) is 0 Å². The lowest BCUT2D eigenvalue weighted by atomic mass is 9.64. The molecule has 0 heterocycles. The maximum Gasteiger partial charge on any atom is 0.0753 e. The summed E-state index contributed by atoms with van der Waals surface area (Å²) in [4.78, 5) is 0. The Morgan fingerprint density at radius 2 is 1.54 bits per heavy atom. The van der Waals surface area contributed by atoms with Gasteiger partial charge < -0.3 is 0 Å². The molecule has 0 atom stereocenters. The largest absolute Gasteiger partial charge is 0.197 e. The van der Waals surface area contributed by atoms with E-state index in [1.54, 1.807) is 0 Å². The van der Waals surface area contributed by atoms with Crippen molar-refractivity contribution < 1.29 is 0 Å². The first kappa shape index (κ1) is 19.6. The molecule has 0 aliphatic heterocycles. The van der Waals surface area contributed by atoms with E-state index >= 15 is 0 Å². The van der Waals surface area contributed by atoms with Gasteiger partial charge in [-0.1, -0.05) is 70.9 Å². The highest BCUT2D eigenvalue weighted by Crippen LogP contribution is 2.46. The van der Waals surface area contributed by atoms with Gasteiger partial charge in [0.2, 0.25) is 0 Å². The van der Waals surface area contributed by atoms with Crippen LogP contribution in [0.25, 0.3) is 0 Å². The summed E-state index contributed by atoms with van der Waals surface area (Å²) in [6.45, 7) is 4.54.